The van der Waals surface area contributed by atoms with E-state index in [0.717, 1.165) is 5.69 Å². The molecule has 0 radical (unpaired) electrons. The number of para-hydroxylation sites is 1. The summed E-state index contributed by atoms with van der Waals surface area (Å²) < 4.78 is 3.20. The topological polar surface area (TPSA) is 113 Å². The van der Waals surface area contributed by atoms with Crippen molar-refractivity contribution in [3.8, 4) is 17.8 Å². The van der Waals surface area contributed by atoms with Gasteiger partial charge in [-0.05, 0) is 19.1 Å². The van der Waals surface area contributed by atoms with E-state index in [2.05, 4.69) is 4.99 Å². The van der Waals surface area contributed by atoms with Crippen LogP contribution in [0.5, 0.6) is 0 Å². The van der Waals surface area contributed by atoms with Crippen LogP contribution < -0.4 is 11.3 Å². The van der Waals surface area contributed by atoms with E-state index in [0.29, 0.717) is 11.3 Å². The third-order valence-electron chi connectivity index (χ3n) is 3.40. The Bertz CT molecular complexity index is 932. The molecule has 7 heteroatoms. The number of aliphatic imine (C=N–C) groups is 1. The van der Waals surface area contributed by atoms with Gasteiger partial charge in [0.15, 0.2) is 5.70 Å². The first-order valence-electron chi connectivity index (χ1n) is 6.69. The molecule has 1 heterocycles. The lowest BCUT2D eigenvalue weighted by molar-refractivity contribution is 0.630. The summed E-state index contributed by atoms with van der Waals surface area (Å²) in [6.07, 6.45) is 1.26. The van der Waals surface area contributed by atoms with Gasteiger partial charge in [-0.15, -0.1) is 0 Å². The zero-order chi connectivity index (χ0) is 17.0. The minimum atomic E-state index is -0.291. The van der Waals surface area contributed by atoms with Crippen LogP contribution in [0.15, 0.2) is 51.5 Å². The highest BCUT2D eigenvalue weighted by atomic mass is 16.1. The van der Waals surface area contributed by atoms with Crippen LogP contribution in [0.3, 0.4) is 0 Å². The number of nitriles is 2. The Balaban J connectivity index is 2.58. The van der Waals surface area contributed by atoms with Crippen LogP contribution in [-0.2, 0) is 7.05 Å². The molecular weight excluding hydrogens is 292 g/mol. The Hall–Kier alpha value is -3.58. The molecule has 0 amide bonds. The Morgan fingerprint density at radius 1 is 1.26 bits per heavy atom. The summed E-state index contributed by atoms with van der Waals surface area (Å²) in [5.41, 5.74) is 6.33. The minimum Gasteiger partial charge on any atom is -0.388 e. The summed E-state index contributed by atoms with van der Waals surface area (Å²) in [6, 6.07) is 12.6. The van der Waals surface area contributed by atoms with Gasteiger partial charge < -0.3 is 5.73 Å². The second-order valence-corrected chi connectivity index (χ2v) is 4.72. The number of hydrogen-bond donors (Lipinski definition) is 1. The summed E-state index contributed by atoms with van der Waals surface area (Å²) in [4.78, 5) is 16.5. The predicted octanol–water partition coefficient (Wildman–Crippen LogP) is 1.12. The van der Waals surface area contributed by atoms with Gasteiger partial charge in [-0.3, -0.25) is 9.48 Å². The van der Waals surface area contributed by atoms with Crippen molar-refractivity contribution in [2.24, 2.45) is 17.8 Å². The van der Waals surface area contributed by atoms with Gasteiger partial charge in [-0.1, -0.05) is 18.2 Å². The first-order chi connectivity index (χ1) is 11.0. The third-order valence-corrected chi connectivity index (χ3v) is 3.40. The fraction of sp³-hybridized carbons (Fsp3) is 0.125. The molecule has 2 rings (SSSR count). The summed E-state index contributed by atoms with van der Waals surface area (Å²) in [6.45, 7) is 1.77. The Kier molecular flexibility index (Phi) is 4.44. The van der Waals surface area contributed by atoms with Crippen molar-refractivity contribution >= 4 is 6.21 Å². The molecule has 0 aliphatic heterocycles. The van der Waals surface area contributed by atoms with Crippen LogP contribution >= 0.6 is 0 Å². The monoisotopic (exact) mass is 306 g/mol. The molecule has 0 aliphatic rings. The van der Waals surface area contributed by atoms with Crippen molar-refractivity contribution in [3.05, 3.63) is 63.3 Å². The highest BCUT2D eigenvalue weighted by molar-refractivity contribution is 5.82. The Labute approximate surface area is 132 Å². The Morgan fingerprint density at radius 2 is 1.91 bits per heavy atom. The van der Waals surface area contributed by atoms with Gasteiger partial charge in [0.05, 0.1) is 11.3 Å². The normalized spacial score (nSPS) is 11.8. The minimum absolute atomic E-state index is 0.221. The predicted molar refractivity (Wildman–Crippen MR) is 85.8 cm³/mol. The zero-order valence-electron chi connectivity index (χ0n) is 12.7. The maximum atomic E-state index is 12.6. The van der Waals surface area contributed by atoms with Gasteiger partial charge in [-0.2, -0.15) is 10.5 Å². The lowest BCUT2D eigenvalue weighted by Gasteiger charge is -2.07. The largest absolute Gasteiger partial charge is 0.388 e. The molecule has 114 valence electrons. The van der Waals surface area contributed by atoms with Gasteiger partial charge >= 0.3 is 0 Å². The molecule has 2 N–H and O–H groups in total. The number of allylic oxidation sites excluding steroid dienone is 2. The molecule has 23 heavy (non-hydrogen) atoms. The summed E-state index contributed by atoms with van der Waals surface area (Å²) in [5, 5.41) is 17.7. The Morgan fingerprint density at radius 3 is 2.48 bits per heavy atom. The van der Waals surface area contributed by atoms with Crippen molar-refractivity contribution in [1.82, 2.24) is 9.36 Å². The number of benzene rings is 1. The maximum Gasteiger partial charge on any atom is 0.280 e. The third kappa shape index (κ3) is 2.89. The molecule has 0 saturated heterocycles. The average Bonchev–Trinajstić information content (AvgIpc) is 2.78. The number of rotatable bonds is 3. The van der Waals surface area contributed by atoms with Crippen molar-refractivity contribution in [3.63, 3.8) is 0 Å². The molecule has 0 saturated carbocycles. The number of nitrogens with zero attached hydrogens (tertiary/aromatic N) is 5. The lowest BCUT2D eigenvalue weighted by atomic mass is 10.2. The van der Waals surface area contributed by atoms with Crippen LogP contribution in [-0.4, -0.2) is 15.6 Å². The molecule has 7 nitrogen and oxygen atoms in total. The van der Waals surface area contributed by atoms with Gasteiger partial charge in [0.25, 0.3) is 5.56 Å². The molecule has 1 aromatic carbocycles. The quantitative estimate of drug-likeness (QED) is 0.676. The van der Waals surface area contributed by atoms with E-state index in [1.807, 2.05) is 30.3 Å². The van der Waals surface area contributed by atoms with Crippen molar-refractivity contribution in [2.45, 2.75) is 6.92 Å². The standard InChI is InChI=1S/C16H14N6O/c1-11-13(10-20-15(9-18)14(19)8-17)16(23)22(21(11)2)12-6-4-3-5-7-12/h3-7,10H,19H2,1-2H3/b15-14+,20-10?. The zero-order valence-corrected chi connectivity index (χ0v) is 12.7. The molecule has 1 aromatic heterocycles. The maximum absolute atomic E-state index is 12.6. The second kappa shape index (κ2) is 6.46. The van der Waals surface area contributed by atoms with Gasteiger partial charge in [-0.25, -0.2) is 9.67 Å². The van der Waals surface area contributed by atoms with E-state index in [1.54, 1.807) is 30.8 Å². The van der Waals surface area contributed by atoms with E-state index in [1.165, 1.54) is 10.9 Å². The highest BCUT2D eigenvalue weighted by Gasteiger charge is 2.14. The van der Waals surface area contributed by atoms with E-state index >= 15 is 0 Å². The average molecular weight is 306 g/mol. The molecular formula is C16H14N6O. The van der Waals surface area contributed by atoms with Gasteiger partial charge in [0.2, 0.25) is 0 Å². The number of nitrogens with two attached hydrogens (primary N) is 1. The molecule has 0 aliphatic carbocycles. The fourth-order valence-corrected chi connectivity index (χ4v) is 2.08. The van der Waals surface area contributed by atoms with E-state index in [9.17, 15) is 4.79 Å². The highest BCUT2D eigenvalue weighted by Crippen LogP contribution is 2.09. The van der Waals surface area contributed by atoms with E-state index in [4.69, 9.17) is 16.3 Å². The first-order valence-corrected chi connectivity index (χ1v) is 6.69. The molecule has 0 bridgehead atoms. The van der Waals surface area contributed by atoms with Crippen molar-refractivity contribution < 1.29 is 0 Å². The van der Waals surface area contributed by atoms with E-state index < -0.39 is 0 Å². The summed E-state index contributed by atoms with van der Waals surface area (Å²) in [7, 11) is 1.76. The molecule has 0 unspecified atom stereocenters. The molecule has 0 fully saturated rings. The summed E-state index contributed by atoms with van der Waals surface area (Å²) in [5.74, 6) is 0. The first kappa shape index (κ1) is 15.8. The van der Waals surface area contributed by atoms with Gasteiger partial charge in [0.1, 0.15) is 17.8 Å². The number of hydrogen-bond acceptors (Lipinski definition) is 5. The SMILES string of the molecule is Cc1c(C=N/C(C#N)=C(/N)C#N)c(=O)n(-c2ccccc2)n1C. The fourth-order valence-electron chi connectivity index (χ4n) is 2.08. The number of aromatic nitrogens is 2. The second-order valence-electron chi connectivity index (χ2n) is 4.72. The van der Waals surface area contributed by atoms with Crippen LogP contribution in [0.25, 0.3) is 5.69 Å². The van der Waals surface area contributed by atoms with Crippen molar-refractivity contribution in [1.29, 1.82) is 10.5 Å². The van der Waals surface area contributed by atoms with Crippen molar-refractivity contribution in [2.75, 3.05) is 0 Å². The van der Waals surface area contributed by atoms with Crippen LogP contribution in [0.4, 0.5) is 0 Å². The van der Waals surface area contributed by atoms with Crippen LogP contribution in [0.2, 0.25) is 0 Å². The lowest BCUT2D eigenvalue weighted by Crippen LogP contribution is -2.20. The molecule has 0 spiro atoms. The van der Waals surface area contributed by atoms with Crippen LogP contribution in [0.1, 0.15) is 11.3 Å². The van der Waals surface area contributed by atoms with Crippen LogP contribution in [0, 0.1) is 29.6 Å². The smallest absolute Gasteiger partial charge is 0.280 e. The van der Waals surface area contributed by atoms with E-state index in [-0.39, 0.29) is 17.0 Å². The summed E-state index contributed by atoms with van der Waals surface area (Å²) >= 11 is 0. The van der Waals surface area contributed by atoms with Gasteiger partial charge in [0, 0.05) is 19.0 Å². The molecule has 0 atom stereocenters. The molecule has 2 aromatic rings.